The third kappa shape index (κ3) is 5.12. The highest BCUT2D eigenvalue weighted by Gasteiger charge is 2.22. The fourth-order valence-corrected chi connectivity index (χ4v) is 3.11. The number of hydrogen-bond donors (Lipinski definition) is 1. The van der Waals surface area contributed by atoms with Crippen LogP contribution in [0.4, 0.5) is 0 Å². The molecule has 0 heterocycles. The van der Waals surface area contributed by atoms with Gasteiger partial charge in [0, 0.05) is 19.6 Å². The molecule has 0 fully saturated rings. The normalized spacial score (nSPS) is 13.0. The van der Waals surface area contributed by atoms with Crippen LogP contribution in [-0.4, -0.2) is 25.4 Å². The second-order valence-electron chi connectivity index (χ2n) is 6.58. The third-order valence-corrected chi connectivity index (χ3v) is 4.73. The molecule has 3 aromatic rings. The van der Waals surface area contributed by atoms with Crippen LogP contribution in [-0.2, 0) is 17.8 Å². The fourth-order valence-electron chi connectivity index (χ4n) is 3.11. The van der Waals surface area contributed by atoms with Gasteiger partial charge in [-0.3, -0.25) is 0 Å². The summed E-state index contributed by atoms with van der Waals surface area (Å²) in [7, 11) is 3.25. The summed E-state index contributed by atoms with van der Waals surface area (Å²) in [6.07, 6.45) is -0.606. The zero-order valence-corrected chi connectivity index (χ0v) is 16.2. The van der Waals surface area contributed by atoms with Gasteiger partial charge in [0.05, 0.1) is 13.2 Å². The molecule has 0 unspecified atom stereocenters. The molecule has 1 N–H and O–H groups in total. The molecule has 146 valence electrons. The van der Waals surface area contributed by atoms with Crippen LogP contribution in [0.15, 0.2) is 78.9 Å². The van der Waals surface area contributed by atoms with E-state index in [1.165, 1.54) is 0 Å². The summed E-state index contributed by atoms with van der Waals surface area (Å²) in [6.45, 7) is 0.458. The molecule has 0 radical (unpaired) electrons. The number of methoxy groups -OCH3 is 2. The summed E-state index contributed by atoms with van der Waals surface area (Å²) in [4.78, 5) is 0. The van der Waals surface area contributed by atoms with Gasteiger partial charge in [0.25, 0.3) is 0 Å². The summed E-state index contributed by atoms with van der Waals surface area (Å²) < 4.78 is 17.0. The van der Waals surface area contributed by atoms with Crippen molar-refractivity contribution >= 4 is 0 Å². The Balaban J connectivity index is 1.79. The Hall–Kier alpha value is -2.82. The van der Waals surface area contributed by atoms with Crippen molar-refractivity contribution in [1.82, 2.24) is 0 Å². The van der Waals surface area contributed by atoms with Crippen LogP contribution in [0.1, 0.15) is 22.8 Å². The predicted octanol–water partition coefficient (Wildman–Crippen LogP) is 4.57. The molecular formula is C24H26O4. The van der Waals surface area contributed by atoms with Crippen LogP contribution in [0.25, 0.3) is 0 Å². The molecule has 0 aliphatic heterocycles. The first-order valence-electron chi connectivity index (χ1n) is 9.30. The van der Waals surface area contributed by atoms with Gasteiger partial charge in [0.15, 0.2) is 0 Å². The van der Waals surface area contributed by atoms with Crippen molar-refractivity contribution in [2.75, 3.05) is 14.2 Å². The summed E-state index contributed by atoms with van der Waals surface area (Å²) in [5.74, 6) is 1.45. The van der Waals surface area contributed by atoms with Crippen molar-refractivity contribution in [1.29, 1.82) is 0 Å². The topological polar surface area (TPSA) is 47.9 Å². The molecule has 28 heavy (non-hydrogen) atoms. The van der Waals surface area contributed by atoms with Gasteiger partial charge >= 0.3 is 0 Å². The smallest absolute Gasteiger partial charge is 0.126 e. The van der Waals surface area contributed by atoms with Crippen LogP contribution in [0.5, 0.6) is 11.5 Å². The van der Waals surface area contributed by atoms with E-state index in [2.05, 4.69) is 0 Å². The third-order valence-electron chi connectivity index (χ3n) is 4.73. The van der Waals surface area contributed by atoms with Crippen molar-refractivity contribution in [3.63, 3.8) is 0 Å². The predicted molar refractivity (Wildman–Crippen MR) is 110 cm³/mol. The second-order valence-corrected chi connectivity index (χ2v) is 6.58. The van der Waals surface area contributed by atoms with Crippen LogP contribution in [0.3, 0.4) is 0 Å². The molecular weight excluding hydrogens is 352 g/mol. The van der Waals surface area contributed by atoms with Gasteiger partial charge in [-0.05, 0) is 22.8 Å². The van der Waals surface area contributed by atoms with E-state index in [0.29, 0.717) is 13.0 Å². The molecule has 0 saturated carbocycles. The standard InChI is InChI=1S/C24H26O4/c1-26-21-14-13-20(22(16-21)28-17-18-9-5-3-6-10-18)15-23(27-2)24(25)19-11-7-4-8-12-19/h3-14,16,23-25H,15,17H2,1-2H3/t23-,24-/m0/s1. The quantitative estimate of drug-likeness (QED) is 0.593. The Morgan fingerprint density at radius 3 is 2.18 bits per heavy atom. The maximum absolute atomic E-state index is 10.8. The van der Waals surface area contributed by atoms with Crippen molar-refractivity contribution < 1.29 is 19.3 Å². The van der Waals surface area contributed by atoms with E-state index in [4.69, 9.17) is 14.2 Å². The molecule has 0 aliphatic carbocycles. The van der Waals surface area contributed by atoms with Gasteiger partial charge < -0.3 is 19.3 Å². The van der Waals surface area contributed by atoms with E-state index in [1.54, 1.807) is 14.2 Å². The fraction of sp³-hybridized carbons (Fsp3) is 0.250. The van der Waals surface area contributed by atoms with Gasteiger partial charge in [-0.1, -0.05) is 66.7 Å². The van der Waals surface area contributed by atoms with E-state index in [1.807, 2.05) is 78.9 Å². The Morgan fingerprint density at radius 2 is 1.54 bits per heavy atom. The molecule has 0 amide bonds. The molecule has 2 atom stereocenters. The zero-order chi connectivity index (χ0) is 19.8. The first-order valence-corrected chi connectivity index (χ1v) is 9.30. The Labute approximate surface area is 166 Å². The maximum atomic E-state index is 10.8. The summed E-state index contributed by atoms with van der Waals surface area (Å²) in [5, 5.41) is 10.8. The average Bonchev–Trinajstić information content (AvgIpc) is 2.77. The lowest BCUT2D eigenvalue weighted by atomic mass is 9.97. The second kappa shape index (κ2) is 9.93. The number of hydrogen-bond acceptors (Lipinski definition) is 4. The summed E-state index contributed by atoms with van der Waals surface area (Å²) in [5.41, 5.74) is 2.87. The lowest BCUT2D eigenvalue weighted by Gasteiger charge is -2.23. The highest BCUT2D eigenvalue weighted by molar-refractivity contribution is 5.41. The van der Waals surface area contributed by atoms with E-state index in [9.17, 15) is 5.11 Å². The first kappa shape index (κ1) is 19.9. The van der Waals surface area contributed by atoms with Crippen LogP contribution in [0.2, 0.25) is 0 Å². The highest BCUT2D eigenvalue weighted by atomic mass is 16.5. The Kier molecular flexibility index (Phi) is 7.06. The minimum Gasteiger partial charge on any atom is -0.497 e. The van der Waals surface area contributed by atoms with Crippen LogP contribution in [0, 0.1) is 0 Å². The van der Waals surface area contributed by atoms with Crippen molar-refractivity contribution in [3.8, 4) is 11.5 Å². The molecule has 0 aromatic heterocycles. The molecule has 3 aromatic carbocycles. The first-order chi connectivity index (χ1) is 13.7. The molecule has 4 nitrogen and oxygen atoms in total. The molecule has 0 aliphatic rings. The van der Waals surface area contributed by atoms with Crippen LogP contribution >= 0.6 is 0 Å². The largest absolute Gasteiger partial charge is 0.497 e. The number of aliphatic hydroxyl groups excluding tert-OH is 1. The van der Waals surface area contributed by atoms with Crippen molar-refractivity contribution in [2.24, 2.45) is 0 Å². The highest BCUT2D eigenvalue weighted by Crippen LogP contribution is 2.30. The molecule has 0 spiro atoms. The maximum Gasteiger partial charge on any atom is 0.126 e. The average molecular weight is 378 g/mol. The van der Waals surface area contributed by atoms with Gasteiger partial charge in [-0.2, -0.15) is 0 Å². The molecule has 0 saturated heterocycles. The Bertz CT molecular complexity index is 849. The van der Waals surface area contributed by atoms with Crippen molar-refractivity contribution in [3.05, 3.63) is 95.6 Å². The van der Waals surface area contributed by atoms with E-state index < -0.39 is 12.2 Å². The minimum absolute atomic E-state index is 0.394. The lowest BCUT2D eigenvalue weighted by Crippen LogP contribution is -2.23. The monoisotopic (exact) mass is 378 g/mol. The number of rotatable bonds is 9. The minimum atomic E-state index is -0.727. The zero-order valence-electron chi connectivity index (χ0n) is 16.2. The number of aliphatic hydroxyl groups is 1. The van der Waals surface area contributed by atoms with Crippen molar-refractivity contribution in [2.45, 2.75) is 25.2 Å². The van der Waals surface area contributed by atoms with Gasteiger partial charge in [-0.25, -0.2) is 0 Å². The molecule has 0 bridgehead atoms. The van der Waals surface area contributed by atoms with E-state index >= 15 is 0 Å². The van der Waals surface area contributed by atoms with Gasteiger partial charge in [0.1, 0.15) is 24.2 Å². The van der Waals surface area contributed by atoms with E-state index in [-0.39, 0.29) is 0 Å². The van der Waals surface area contributed by atoms with Gasteiger partial charge in [-0.15, -0.1) is 0 Å². The molecule has 4 heteroatoms. The SMILES string of the molecule is COc1ccc(C[C@H](OC)[C@@H](O)c2ccccc2)c(OCc2ccccc2)c1. The summed E-state index contributed by atoms with van der Waals surface area (Å²) >= 11 is 0. The van der Waals surface area contributed by atoms with Gasteiger partial charge in [0.2, 0.25) is 0 Å². The number of benzene rings is 3. The summed E-state index contributed by atoms with van der Waals surface area (Å²) in [6, 6.07) is 25.3. The van der Waals surface area contributed by atoms with Crippen LogP contribution < -0.4 is 9.47 Å². The molecule has 3 rings (SSSR count). The number of ether oxygens (including phenoxy) is 3. The lowest BCUT2D eigenvalue weighted by molar-refractivity contribution is -0.0128. The Morgan fingerprint density at radius 1 is 0.857 bits per heavy atom. The van der Waals surface area contributed by atoms with E-state index in [0.717, 1.165) is 28.2 Å².